The highest BCUT2D eigenvalue weighted by Gasteiger charge is 2.34. The van der Waals surface area contributed by atoms with Crippen LogP contribution >= 0.6 is 11.6 Å². The quantitative estimate of drug-likeness (QED) is 0.451. The van der Waals surface area contributed by atoms with Crippen LogP contribution in [-0.4, -0.2) is 41.4 Å². The molecule has 0 saturated carbocycles. The predicted octanol–water partition coefficient (Wildman–Crippen LogP) is 3.51. The largest absolute Gasteiger partial charge is 0.448 e. The maximum absolute atomic E-state index is 13.2. The Hall–Kier alpha value is -4.05. The van der Waals surface area contributed by atoms with Crippen LogP contribution < -0.4 is 5.32 Å². The molecule has 0 spiro atoms. The fourth-order valence-corrected chi connectivity index (χ4v) is 4.12. The molecule has 172 valence electrons. The van der Waals surface area contributed by atoms with Gasteiger partial charge in [-0.1, -0.05) is 11.6 Å². The standard InChI is InChI=1S/C23H20ClN7O3/c1-13-5-15(7-27-22(13)31-10-16(24)8-28-31)14(2)30-11-19-18(23(30)33)3-4-26-21(19)29-20(32)6-17-9-25-12-34-17/h3-5,7-10,12,14H,6,11H2,1-2H3,(H,26,29,32). The summed E-state index contributed by atoms with van der Waals surface area (Å²) in [4.78, 5) is 40.0. The van der Waals surface area contributed by atoms with Gasteiger partial charge in [0, 0.05) is 23.5 Å². The summed E-state index contributed by atoms with van der Waals surface area (Å²) >= 11 is 5.98. The van der Waals surface area contributed by atoms with Gasteiger partial charge < -0.3 is 14.6 Å². The van der Waals surface area contributed by atoms with Crippen molar-refractivity contribution in [3.8, 4) is 5.82 Å². The highest BCUT2D eigenvalue weighted by atomic mass is 35.5. The van der Waals surface area contributed by atoms with E-state index in [4.69, 9.17) is 16.0 Å². The number of halogens is 1. The molecule has 0 aliphatic carbocycles. The minimum atomic E-state index is -0.300. The summed E-state index contributed by atoms with van der Waals surface area (Å²) in [6.45, 7) is 4.19. The lowest BCUT2D eigenvalue weighted by atomic mass is 10.1. The number of fused-ring (bicyclic) bond motifs is 1. The summed E-state index contributed by atoms with van der Waals surface area (Å²) in [7, 11) is 0. The zero-order valence-corrected chi connectivity index (χ0v) is 19.2. The average molecular weight is 478 g/mol. The van der Waals surface area contributed by atoms with Crippen molar-refractivity contribution in [1.82, 2.24) is 29.6 Å². The summed E-state index contributed by atoms with van der Waals surface area (Å²) in [5.74, 6) is 1.05. The number of hydrogen-bond acceptors (Lipinski definition) is 7. The first-order valence-corrected chi connectivity index (χ1v) is 10.9. The van der Waals surface area contributed by atoms with Gasteiger partial charge in [-0.05, 0) is 37.1 Å². The number of aryl methyl sites for hydroxylation is 1. The molecule has 10 nitrogen and oxygen atoms in total. The van der Waals surface area contributed by atoms with E-state index in [9.17, 15) is 9.59 Å². The number of anilines is 1. The molecule has 5 rings (SSSR count). The average Bonchev–Trinajstić information content (AvgIpc) is 3.55. The molecule has 5 heterocycles. The maximum Gasteiger partial charge on any atom is 0.255 e. The Kier molecular flexibility index (Phi) is 5.58. The van der Waals surface area contributed by atoms with E-state index in [1.165, 1.54) is 18.8 Å². The van der Waals surface area contributed by atoms with E-state index in [0.717, 1.165) is 11.1 Å². The van der Waals surface area contributed by atoms with Crippen LogP contribution in [0.4, 0.5) is 5.82 Å². The normalized spacial score (nSPS) is 13.7. The van der Waals surface area contributed by atoms with E-state index in [-0.39, 0.29) is 24.3 Å². The van der Waals surface area contributed by atoms with Crippen molar-refractivity contribution >= 4 is 29.2 Å². The number of aromatic nitrogens is 5. The van der Waals surface area contributed by atoms with Crippen LogP contribution in [0.25, 0.3) is 5.82 Å². The number of nitrogens with one attached hydrogen (secondary N) is 1. The minimum Gasteiger partial charge on any atom is -0.448 e. The number of oxazole rings is 1. The lowest BCUT2D eigenvalue weighted by molar-refractivity contribution is -0.115. The van der Waals surface area contributed by atoms with Gasteiger partial charge in [0.25, 0.3) is 5.91 Å². The van der Waals surface area contributed by atoms with Crippen LogP contribution in [0, 0.1) is 6.92 Å². The molecular formula is C23H20ClN7O3. The van der Waals surface area contributed by atoms with E-state index in [0.29, 0.717) is 40.1 Å². The van der Waals surface area contributed by atoms with Crippen molar-refractivity contribution in [3.63, 3.8) is 0 Å². The summed E-state index contributed by atoms with van der Waals surface area (Å²) in [6.07, 6.45) is 9.27. The second-order valence-electron chi connectivity index (χ2n) is 8.00. The van der Waals surface area contributed by atoms with E-state index in [1.807, 2.05) is 19.9 Å². The summed E-state index contributed by atoms with van der Waals surface area (Å²) in [5.41, 5.74) is 2.97. The second kappa shape index (κ2) is 8.71. The fraction of sp³-hybridized carbons (Fsp3) is 0.217. The van der Waals surface area contributed by atoms with Crippen molar-refractivity contribution in [1.29, 1.82) is 0 Å². The molecule has 1 aliphatic heterocycles. The lowest BCUT2D eigenvalue weighted by Gasteiger charge is -2.25. The van der Waals surface area contributed by atoms with Crippen LogP contribution in [0.5, 0.6) is 0 Å². The number of carbonyl (C=O) groups is 2. The zero-order valence-electron chi connectivity index (χ0n) is 18.4. The van der Waals surface area contributed by atoms with Gasteiger partial charge in [0.1, 0.15) is 11.6 Å². The second-order valence-corrected chi connectivity index (χ2v) is 8.44. The molecule has 4 aromatic heterocycles. The molecule has 0 bridgehead atoms. The highest BCUT2D eigenvalue weighted by Crippen LogP contribution is 2.34. The van der Waals surface area contributed by atoms with Gasteiger partial charge in [0.2, 0.25) is 5.91 Å². The molecule has 1 unspecified atom stereocenters. The molecule has 11 heteroatoms. The molecule has 34 heavy (non-hydrogen) atoms. The van der Waals surface area contributed by atoms with Crippen molar-refractivity contribution in [3.05, 3.63) is 82.5 Å². The van der Waals surface area contributed by atoms with E-state index in [2.05, 4.69) is 25.4 Å². The maximum atomic E-state index is 13.2. The monoisotopic (exact) mass is 477 g/mol. The molecule has 1 N–H and O–H groups in total. The van der Waals surface area contributed by atoms with Crippen molar-refractivity contribution in [2.24, 2.45) is 0 Å². The van der Waals surface area contributed by atoms with E-state index in [1.54, 1.807) is 34.2 Å². The lowest BCUT2D eigenvalue weighted by Crippen LogP contribution is -2.27. The van der Waals surface area contributed by atoms with E-state index < -0.39 is 0 Å². The first kappa shape index (κ1) is 21.8. The Labute approximate surface area is 199 Å². The third-order valence-corrected chi connectivity index (χ3v) is 5.94. The summed E-state index contributed by atoms with van der Waals surface area (Å²) in [5, 5.41) is 7.51. The van der Waals surface area contributed by atoms with Crippen LogP contribution in [0.1, 0.15) is 45.8 Å². The van der Waals surface area contributed by atoms with Gasteiger partial charge >= 0.3 is 0 Å². The number of nitrogens with zero attached hydrogens (tertiary/aromatic N) is 6. The molecule has 4 aromatic rings. The van der Waals surface area contributed by atoms with Crippen LogP contribution in [0.2, 0.25) is 5.02 Å². The van der Waals surface area contributed by atoms with Crippen molar-refractivity contribution in [2.75, 3.05) is 5.32 Å². The number of rotatable bonds is 6. The molecule has 0 saturated heterocycles. The molecular weight excluding hydrogens is 458 g/mol. The first-order valence-electron chi connectivity index (χ1n) is 10.5. The van der Waals surface area contributed by atoms with Gasteiger partial charge in [-0.15, -0.1) is 0 Å². The number of pyridine rings is 2. The molecule has 2 amide bonds. The van der Waals surface area contributed by atoms with Gasteiger partial charge in [-0.2, -0.15) is 5.10 Å². The topological polar surface area (TPSA) is 119 Å². The molecule has 1 atom stereocenters. The fourth-order valence-electron chi connectivity index (χ4n) is 3.99. The number of hydrogen-bond donors (Lipinski definition) is 1. The van der Waals surface area contributed by atoms with Gasteiger partial charge in [0.15, 0.2) is 12.2 Å². The smallest absolute Gasteiger partial charge is 0.255 e. The molecule has 1 aliphatic rings. The molecule has 0 fully saturated rings. The Morgan fingerprint density at radius 3 is 2.85 bits per heavy atom. The zero-order chi connectivity index (χ0) is 23.8. The minimum absolute atomic E-state index is 0.0260. The van der Waals surface area contributed by atoms with Gasteiger partial charge in [-0.25, -0.2) is 19.6 Å². The third-order valence-electron chi connectivity index (χ3n) is 5.74. The SMILES string of the molecule is Cc1cc(C(C)N2Cc3c(ccnc3NC(=O)Cc3cnco3)C2=O)cnc1-n1cc(Cl)cn1. The Bertz CT molecular complexity index is 1380. The number of amides is 2. The Balaban J connectivity index is 1.35. The van der Waals surface area contributed by atoms with Crippen molar-refractivity contribution < 1.29 is 14.0 Å². The highest BCUT2D eigenvalue weighted by molar-refractivity contribution is 6.30. The Morgan fingerprint density at radius 1 is 1.29 bits per heavy atom. The van der Waals surface area contributed by atoms with Crippen LogP contribution in [-0.2, 0) is 17.8 Å². The van der Waals surface area contributed by atoms with Crippen LogP contribution in [0.15, 0.2) is 53.9 Å². The van der Waals surface area contributed by atoms with Crippen LogP contribution in [0.3, 0.4) is 0 Å². The molecule has 0 aromatic carbocycles. The van der Waals surface area contributed by atoms with Gasteiger partial charge in [-0.3, -0.25) is 9.59 Å². The summed E-state index contributed by atoms with van der Waals surface area (Å²) < 4.78 is 6.74. The molecule has 0 radical (unpaired) electrons. The van der Waals surface area contributed by atoms with Gasteiger partial charge in [0.05, 0.1) is 42.6 Å². The summed E-state index contributed by atoms with van der Waals surface area (Å²) in [6, 6.07) is 3.40. The van der Waals surface area contributed by atoms with E-state index >= 15 is 0 Å². The van der Waals surface area contributed by atoms with Crippen molar-refractivity contribution in [2.45, 2.75) is 32.9 Å². The Morgan fingerprint density at radius 2 is 2.15 bits per heavy atom. The number of carbonyl (C=O) groups excluding carboxylic acids is 2. The predicted molar refractivity (Wildman–Crippen MR) is 122 cm³/mol. The third kappa shape index (κ3) is 4.03. The first-order chi connectivity index (χ1) is 16.4.